The molecule has 1 unspecified atom stereocenters. The highest BCUT2D eigenvalue weighted by Gasteiger charge is 2.29. The van der Waals surface area contributed by atoms with Crippen LogP contribution in [-0.4, -0.2) is 70.2 Å². The van der Waals surface area contributed by atoms with Crippen LogP contribution in [0.5, 0.6) is 5.75 Å². The van der Waals surface area contributed by atoms with Gasteiger partial charge in [0.15, 0.2) is 0 Å². The summed E-state index contributed by atoms with van der Waals surface area (Å²) >= 11 is 6.30. The van der Waals surface area contributed by atoms with E-state index in [9.17, 15) is 4.79 Å². The molecule has 2 aromatic heterocycles. The van der Waals surface area contributed by atoms with E-state index in [0.29, 0.717) is 29.9 Å². The Kier molecular flexibility index (Phi) is 6.87. The molecule has 0 aliphatic carbocycles. The van der Waals surface area contributed by atoms with Crippen LogP contribution in [0.25, 0.3) is 5.95 Å². The van der Waals surface area contributed by atoms with Crippen molar-refractivity contribution in [2.24, 2.45) is 0 Å². The number of carbonyl (C=O) groups excluding carboxylic acids is 1. The van der Waals surface area contributed by atoms with E-state index < -0.39 is 0 Å². The Bertz CT molecular complexity index is 1060. The highest BCUT2D eigenvalue weighted by molar-refractivity contribution is 6.29. The van der Waals surface area contributed by atoms with Crippen molar-refractivity contribution in [3.05, 3.63) is 59.8 Å². The second-order valence-corrected chi connectivity index (χ2v) is 8.15. The third-order valence-electron chi connectivity index (χ3n) is 5.43. The third kappa shape index (κ3) is 5.35. The number of ether oxygens (including phenoxy) is 1. The summed E-state index contributed by atoms with van der Waals surface area (Å²) in [7, 11) is 3.69. The molecule has 1 amide bonds. The number of methoxy groups -OCH3 is 1. The summed E-state index contributed by atoms with van der Waals surface area (Å²) in [5.74, 6) is 1.90. The van der Waals surface area contributed by atoms with Gasteiger partial charge in [0.1, 0.15) is 23.0 Å². The molecule has 3 aromatic rings. The molecule has 168 valence electrons. The van der Waals surface area contributed by atoms with Crippen LogP contribution in [0.1, 0.15) is 12.0 Å². The maximum atomic E-state index is 12.8. The molecule has 1 aliphatic heterocycles. The number of nitrogens with zero attached hydrogens (tertiary/aromatic N) is 6. The van der Waals surface area contributed by atoms with E-state index in [4.69, 9.17) is 16.3 Å². The molecule has 4 rings (SSSR count). The summed E-state index contributed by atoms with van der Waals surface area (Å²) in [6, 6.07) is 9.38. The minimum Gasteiger partial charge on any atom is -0.497 e. The number of imidazole rings is 1. The number of hydrogen-bond acceptors (Lipinski definition) is 7. The quantitative estimate of drug-likeness (QED) is 0.546. The van der Waals surface area contributed by atoms with Crippen molar-refractivity contribution < 1.29 is 9.53 Å². The van der Waals surface area contributed by atoms with Gasteiger partial charge in [0.05, 0.1) is 13.2 Å². The molecule has 0 radical (unpaired) electrons. The van der Waals surface area contributed by atoms with Gasteiger partial charge in [-0.15, -0.1) is 0 Å². The molecule has 1 aliphatic rings. The SMILES string of the molecule is COc1cccc(CNC(=O)CC2CN(C)CCN2c2cc(Cl)nc(-n3ccnc3)n2)c1. The lowest BCUT2D eigenvalue weighted by Gasteiger charge is -2.40. The zero-order chi connectivity index (χ0) is 22.5. The minimum absolute atomic E-state index is 0.0203. The van der Waals surface area contributed by atoms with Crippen LogP contribution in [0.3, 0.4) is 0 Å². The number of hydrogen-bond donors (Lipinski definition) is 1. The minimum atomic E-state index is -0.0411. The summed E-state index contributed by atoms with van der Waals surface area (Å²) < 4.78 is 6.96. The molecule has 10 heteroatoms. The Morgan fingerprint density at radius 2 is 2.16 bits per heavy atom. The molecule has 0 spiro atoms. The first-order valence-electron chi connectivity index (χ1n) is 10.4. The number of amides is 1. The summed E-state index contributed by atoms with van der Waals surface area (Å²) in [5.41, 5.74) is 0.989. The predicted octanol–water partition coefficient (Wildman–Crippen LogP) is 2.15. The number of anilines is 1. The molecule has 0 saturated carbocycles. The summed E-state index contributed by atoms with van der Waals surface area (Å²) in [4.78, 5) is 30.2. The van der Waals surface area contributed by atoms with Crippen molar-refractivity contribution in [3.63, 3.8) is 0 Å². The first kappa shape index (κ1) is 22.0. The van der Waals surface area contributed by atoms with Gasteiger partial charge in [0.2, 0.25) is 11.9 Å². The number of nitrogens with one attached hydrogen (secondary N) is 1. The number of halogens is 1. The van der Waals surface area contributed by atoms with Gasteiger partial charge in [-0.25, -0.2) is 9.97 Å². The lowest BCUT2D eigenvalue weighted by Crippen LogP contribution is -2.53. The Labute approximate surface area is 192 Å². The fourth-order valence-corrected chi connectivity index (χ4v) is 3.96. The number of likely N-dealkylation sites (N-methyl/N-ethyl adjacent to an activating group) is 1. The Hall–Kier alpha value is -3.17. The van der Waals surface area contributed by atoms with Gasteiger partial charge in [0, 0.05) is 51.1 Å². The van der Waals surface area contributed by atoms with Gasteiger partial charge in [-0.1, -0.05) is 23.7 Å². The van der Waals surface area contributed by atoms with Gasteiger partial charge in [-0.05, 0) is 24.7 Å². The van der Waals surface area contributed by atoms with Crippen LogP contribution < -0.4 is 15.0 Å². The number of rotatable bonds is 7. The van der Waals surface area contributed by atoms with Gasteiger partial charge < -0.3 is 19.9 Å². The monoisotopic (exact) mass is 455 g/mol. The summed E-state index contributed by atoms with van der Waals surface area (Å²) in [6.07, 6.45) is 5.40. The summed E-state index contributed by atoms with van der Waals surface area (Å²) in [5, 5.41) is 3.36. The van der Waals surface area contributed by atoms with E-state index >= 15 is 0 Å². The van der Waals surface area contributed by atoms with Crippen LogP contribution in [-0.2, 0) is 11.3 Å². The second kappa shape index (κ2) is 9.97. The molecule has 1 N–H and O–H groups in total. The Balaban J connectivity index is 1.47. The second-order valence-electron chi connectivity index (χ2n) is 7.76. The number of piperazine rings is 1. The number of aromatic nitrogens is 4. The molecular formula is C22H26ClN7O2. The van der Waals surface area contributed by atoms with E-state index in [-0.39, 0.29) is 11.9 Å². The zero-order valence-corrected chi connectivity index (χ0v) is 18.9. The fourth-order valence-electron chi connectivity index (χ4n) is 3.79. The highest BCUT2D eigenvalue weighted by atomic mass is 35.5. The van der Waals surface area contributed by atoms with Gasteiger partial charge in [-0.2, -0.15) is 4.98 Å². The Morgan fingerprint density at radius 1 is 1.28 bits per heavy atom. The lowest BCUT2D eigenvalue weighted by atomic mass is 10.1. The molecule has 0 bridgehead atoms. The molecule has 1 saturated heterocycles. The van der Waals surface area contributed by atoms with E-state index in [1.807, 2.05) is 24.3 Å². The van der Waals surface area contributed by atoms with Crippen molar-refractivity contribution in [2.45, 2.75) is 19.0 Å². The first-order chi connectivity index (χ1) is 15.5. The predicted molar refractivity (Wildman–Crippen MR) is 122 cm³/mol. The maximum Gasteiger partial charge on any atom is 0.238 e. The Morgan fingerprint density at radius 3 is 2.94 bits per heavy atom. The maximum absolute atomic E-state index is 12.8. The molecule has 9 nitrogen and oxygen atoms in total. The number of carbonyl (C=O) groups is 1. The van der Waals surface area contributed by atoms with Crippen LogP contribution in [0.4, 0.5) is 5.82 Å². The largest absolute Gasteiger partial charge is 0.497 e. The van der Waals surface area contributed by atoms with Crippen LogP contribution >= 0.6 is 11.6 Å². The van der Waals surface area contributed by atoms with Crippen LogP contribution in [0.15, 0.2) is 49.1 Å². The molecule has 3 heterocycles. The van der Waals surface area contributed by atoms with Crippen molar-refractivity contribution >= 4 is 23.3 Å². The van der Waals surface area contributed by atoms with E-state index in [0.717, 1.165) is 30.9 Å². The van der Waals surface area contributed by atoms with E-state index in [2.05, 4.69) is 37.1 Å². The van der Waals surface area contributed by atoms with Crippen molar-refractivity contribution in [3.8, 4) is 11.7 Å². The van der Waals surface area contributed by atoms with Gasteiger partial charge in [-0.3, -0.25) is 9.36 Å². The standard InChI is InChI=1S/C22H26ClN7O2/c1-28-8-9-30(20-12-19(23)26-22(27-20)29-7-6-24-15-29)17(14-28)11-21(31)25-13-16-4-3-5-18(10-16)32-2/h3-7,10,12,15,17H,8-9,11,13-14H2,1-2H3,(H,25,31). The van der Waals surface area contributed by atoms with Crippen molar-refractivity contribution in [2.75, 3.05) is 38.7 Å². The van der Waals surface area contributed by atoms with Gasteiger partial charge in [0.25, 0.3) is 0 Å². The third-order valence-corrected chi connectivity index (χ3v) is 5.62. The van der Waals surface area contributed by atoms with Crippen molar-refractivity contribution in [1.29, 1.82) is 0 Å². The zero-order valence-electron chi connectivity index (χ0n) is 18.1. The number of benzene rings is 1. The smallest absolute Gasteiger partial charge is 0.238 e. The molecule has 1 fully saturated rings. The normalized spacial score (nSPS) is 16.7. The van der Waals surface area contributed by atoms with Crippen LogP contribution in [0.2, 0.25) is 5.15 Å². The average Bonchev–Trinajstić information content (AvgIpc) is 3.33. The van der Waals surface area contributed by atoms with Crippen LogP contribution in [0, 0.1) is 0 Å². The van der Waals surface area contributed by atoms with E-state index in [1.54, 1.807) is 36.5 Å². The first-order valence-corrected chi connectivity index (χ1v) is 10.8. The fraction of sp³-hybridized carbons (Fsp3) is 0.364. The van der Waals surface area contributed by atoms with E-state index in [1.165, 1.54) is 0 Å². The average molecular weight is 456 g/mol. The van der Waals surface area contributed by atoms with Crippen molar-refractivity contribution in [1.82, 2.24) is 29.7 Å². The molecular weight excluding hydrogens is 430 g/mol. The topological polar surface area (TPSA) is 88.4 Å². The molecule has 32 heavy (non-hydrogen) atoms. The van der Waals surface area contributed by atoms with Gasteiger partial charge >= 0.3 is 0 Å². The summed E-state index contributed by atoms with van der Waals surface area (Å²) in [6.45, 7) is 2.79. The molecule has 1 atom stereocenters. The highest BCUT2D eigenvalue weighted by Crippen LogP contribution is 2.24. The molecule has 1 aromatic carbocycles. The lowest BCUT2D eigenvalue weighted by molar-refractivity contribution is -0.121.